The zero-order valence-electron chi connectivity index (χ0n) is 16.7. The van der Waals surface area contributed by atoms with Gasteiger partial charge in [-0.2, -0.15) is 4.58 Å². The van der Waals surface area contributed by atoms with Gasteiger partial charge in [0.15, 0.2) is 11.9 Å². The molecule has 0 aliphatic carbocycles. The lowest BCUT2D eigenvalue weighted by molar-refractivity contribution is -0.488. The third kappa shape index (κ3) is 3.41. The number of rotatable bonds is 5. The van der Waals surface area contributed by atoms with E-state index in [4.69, 9.17) is 0 Å². The van der Waals surface area contributed by atoms with Gasteiger partial charge in [0.2, 0.25) is 5.69 Å². The summed E-state index contributed by atoms with van der Waals surface area (Å²) in [6.07, 6.45) is 7.78. The van der Waals surface area contributed by atoms with Gasteiger partial charge in [0.25, 0.3) is 0 Å². The minimum absolute atomic E-state index is 0.0376. The minimum atomic E-state index is 0.0376. The molecule has 0 unspecified atom stereocenters. The van der Waals surface area contributed by atoms with Crippen molar-refractivity contribution in [3.05, 3.63) is 77.4 Å². The maximum atomic E-state index is 2.33. The molecule has 2 aromatic carbocycles. The summed E-state index contributed by atoms with van der Waals surface area (Å²) in [5, 5.41) is 0. The van der Waals surface area contributed by atoms with Crippen molar-refractivity contribution in [3.63, 3.8) is 0 Å². The molecule has 1 aliphatic rings. The maximum Gasteiger partial charge on any atom is 0.209 e. The van der Waals surface area contributed by atoms with Crippen LogP contribution in [0.3, 0.4) is 0 Å². The first-order chi connectivity index (χ1) is 12.4. The molecule has 0 bridgehead atoms. The van der Waals surface area contributed by atoms with E-state index in [0.717, 1.165) is 13.0 Å². The first-order valence-electron chi connectivity index (χ1n) is 9.45. The first-order valence-corrected chi connectivity index (χ1v) is 9.45. The summed E-state index contributed by atoms with van der Waals surface area (Å²) in [6, 6.07) is 17.4. The predicted molar refractivity (Wildman–Crippen MR) is 111 cm³/mol. The zero-order valence-corrected chi connectivity index (χ0v) is 16.7. The van der Waals surface area contributed by atoms with Crippen LogP contribution < -0.4 is 0 Å². The van der Waals surface area contributed by atoms with Gasteiger partial charge in [0.1, 0.15) is 20.6 Å². The Morgan fingerprint density at radius 2 is 1.73 bits per heavy atom. The quantitative estimate of drug-likeness (QED) is 0.552. The molecule has 0 spiro atoms. The molecule has 0 radical (unpaired) electrons. The molecule has 1 aliphatic heterocycles. The zero-order chi connectivity index (χ0) is 18.7. The number of benzene rings is 2. The topological polar surface area (TPSA) is 6.02 Å². The molecule has 1 heterocycles. The Morgan fingerprint density at radius 1 is 1.04 bits per heavy atom. The second kappa shape index (κ2) is 7.41. The van der Waals surface area contributed by atoms with E-state index in [-0.39, 0.29) is 5.41 Å². The van der Waals surface area contributed by atoms with Crippen molar-refractivity contribution >= 4 is 17.6 Å². The Labute approximate surface area is 157 Å². The summed E-state index contributed by atoms with van der Waals surface area (Å²) in [7, 11) is 4.29. The van der Waals surface area contributed by atoms with Crippen LogP contribution in [-0.4, -0.2) is 41.7 Å². The number of hydrogen-bond acceptors (Lipinski definition) is 0. The van der Waals surface area contributed by atoms with Crippen molar-refractivity contribution in [2.45, 2.75) is 32.6 Å². The van der Waals surface area contributed by atoms with E-state index in [1.165, 1.54) is 28.1 Å². The molecule has 134 valence electrons. The van der Waals surface area contributed by atoms with Gasteiger partial charge in [0.05, 0.1) is 5.41 Å². The largest absolute Gasteiger partial charge is 0.238 e. The van der Waals surface area contributed by atoms with Crippen molar-refractivity contribution in [2.24, 2.45) is 0 Å². The fraction of sp³-hybridized carbons (Fsp3) is 0.333. The molecular formula is C24H30N2+2. The third-order valence-electron chi connectivity index (χ3n) is 5.47. The monoisotopic (exact) mass is 346 g/mol. The van der Waals surface area contributed by atoms with Crippen LogP contribution in [-0.2, 0) is 11.8 Å². The molecule has 2 heteroatoms. The van der Waals surface area contributed by atoms with Gasteiger partial charge in [-0.05, 0) is 38.8 Å². The standard InChI is InChI=1S/C24H30N2/c1-6-25(4)18-20-13-8-7-12-19(20)14-11-17-23-24(2,3)21-15-9-10-16-22(21)26(23)5/h7-13,15-18H,6,14H2,1-5H3/q+2/b17-11+,25-18?. The van der Waals surface area contributed by atoms with Crippen molar-refractivity contribution in [3.8, 4) is 0 Å². The summed E-state index contributed by atoms with van der Waals surface area (Å²) in [5.74, 6) is 0. The molecule has 3 rings (SSSR count). The molecule has 2 nitrogen and oxygen atoms in total. The third-order valence-corrected chi connectivity index (χ3v) is 5.47. The predicted octanol–water partition coefficient (Wildman–Crippen LogP) is 4.57. The van der Waals surface area contributed by atoms with Crippen molar-refractivity contribution in [1.82, 2.24) is 0 Å². The molecule has 0 fully saturated rings. The normalized spacial score (nSPS) is 16.4. The fourth-order valence-electron chi connectivity index (χ4n) is 3.77. The molecule has 0 amide bonds. The number of hydrogen-bond donors (Lipinski definition) is 0. The molecule has 2 aromatic rings. The molecular weight excluding hydrogens is 316 g/mol. The minimum Gasteiger partial charge on any atom is -0.238 e. The maximum absolute atomic E-state index is 2.33. The molecule has 0 saturated heterocycles. The van der Waals surface area contributed by atoms with Crippen molar-refractivity contribution in [1.29, 1.82) is 0 Å². The molecule has 0 aromatic heterocycles. The fourth-order valence-corrected chi connectivity index (χ4v) is 3.77. The van der Waals surface area contributed by atoms with Crippen LogP contribution in [0.4, 0.5) is 5.69 Å². The summed E-state index contributed by atoms with van der Waals surface area (Å²) in [6.45, 7) is 7.81. The van der Waals surface area contributed by atoms with Crippen LogP contribution in [0.15, 0.2) is 60.7 Å². The van der Waals surface area contributed by atoms with Gasteiger partial charge in [-0.25, -0.2) is 4.58 Å². The van der Waals surface area contributed by atoms with E-state index in [9.17, 15) is 0 Å². The smallest absolute Gasteiger partial charge is 0.209 e. The average Bonchev–Trinajstić information content (AvgIpc) is 2.84. The molecule has 0 atom stereocenters. The molecule has 0 N–H and O–H groups in total. The summed E-state index contributed by atoms with van der Waals surface area (Å²) >= 11 is 0. The van der Waals surface area contributed by atoms with Crippen LogP contribution in [0.5, 0.6) is 0 Å². The van der Waals surface area contributed by atoms with Crippen LogP contribution in [0.25, 0.3) is 0 Å². The highest BCUT2D eigenvalue weighted by atomic mass is 15.0. The van der Waals surface area contributed by atoms with Crippen LogP contribution >= 0.6 is 0 Å². The number of para-hydroxylation sites is 1. The van der Waals surface area contributed by atoms with Crippen LogP contribution in [0, 0.1) is 0 Å². The van der Waals surface area contributed by atoms with Gasteiger partial charge in [-0.3, -0.25) is 0 Å². The van der Waals surface area contributed by atoms with Gasteiger partial charge >= 0.3 is 0 Å². The lowest BCUT2D eigenvalue weighted by Gasteiger charge is -2.15. The van der Waals surface area contributed by atoms with E-state index in [1.807, 2.05) is 0 Å². The van der Waals surface area contributed by atoms with E-state index in [1.54, 1.807) is 0 Å². The summed E-state index contributed by atoms with van der Waals surface area (Å²) < 4.78 is 4.55. The van der Waals surface area contributed by atoms with Gasteiger partial charge < -0.3 is 0 Å². The lowest BCUT2D eigenvalue weighted by Crippen LogP contribution is -2.26. The van der Waals surface area contributed by atoms with Crippen molar-refractivity contribution in [2.75, 3.05) is 20.6 Å². The first kappa shape index (κ1) is 18.3. The summed E-state index contributed by atoms with van der Waals surface area (Å²) in [4.78, 5) is 0. The van der Waals surface area contributed by atoms with Gasteiger partial charge in [0, 0.05) is 23.3 Å². The summed E-state index contributed by atoms with van der Waals surface area (Å²) in [5.41, 5.74) is 6.77. The lowest BCUT2D eigenvalue weighted by atomic mass is 9.81. The van der Waals surface area contributed by atoms with E-state index < -0.39 is 0 Å². The second-order valence-electron chi connectivity index (χ2n) is 7.59. The Kier molecular flexibility index (Phi) is 5.22. The van der Waals surface area contributed by atoms with Crippen LogP contribution in [0.2, 0.25) is 0 Å². The second-order valence-corrected chi connectivity index (χ2v) is 7.59. The Bertz CT molecular complexity index is 898. The van der Waals surface area contributed by atoms with E-state index >= 15 is 0 Å². The van der Waals surface area contributed by atoms with Gasteiger partial charge in [-0.1, -0.05) is 42.5 Å². The molecule has 0 saturated carbocycles. The SMILES string of the molecule is CC[N+](C)=Cc1ccccc1C/C=C/C1=[N+](C)c2ccccc2C1(C)C. The van der Waals surface area contributed by atoms with E-state index in [2.05, 4.69) is 111 Å². The average molecular weight is 347 g/mol. The Morgan fingerprint density at radius 3 is 2.46 bits per heavy atom. The van der Waals surface area contributed by atoms with Crippen LogP contribution in [0.1, 0.15) is 37.5 Å². The molecule has 26 heavy (non-hydrogen) atoms. The van der Waals surface area contributed by atoms with Gasteiger partial charge in [-0.15, -0.1) is 0 Å². The Hall–Kier alpha value is -2.48. The number of nitrogens with zero attached hydrogens (tertiary/aromatic N) is 2. The number of allylic oxidation sites excluding steroid dienone is 2. The highest BCUT2D eigenvalue weighted by Gasteiger charge is 2.42. The number of fused-ring (bicyclic) bond motifs is 1. The highest BCUT2D eigenvalue weighted by molar-refractivity contribution is 6.03. The highest BCUT2D eigenvalue weighted by Crippen LogP contribution is 2.38. The Balaban J connectivity index is 1.86. The van der Waals surface area contributed by atoms with Crippen molar-refractivity contribution < 1.29 is 9.15 Å². The van der Waals surface area contributed by atoms with E-state index in [0.29, 0.717) is 0 Å².